The van der Waals surface area contributed by atoms with E-state index in [-0.39, 0.29) is 0 Å². The quantitative estimate of drug-likeness (QED) is 0.392. The molecule has 0 spiro atoms. The topological polar surface area (TPSA) is 63.9 Å². The van der Waals surface area contributed by atoms with Crippen LogP contribution in [0.5, 0.6) is 5.75 Å². The van der Waals surface area contributed by atoms with Gasteiger partial charge in [-0.05, 0) is 68.1 Å². The molecule has 0 aliphatic carbocycles. The molecule has 8 heteroatoms. The van der Waals surface area contributed by atoms with Crippen molar-refractivity contribution in [3.05, 3.63) is 58.7 Å². The number of benzene rings is 2. The van der Waals surface area contributed by atoms with Crippen LogP contribution in [0.2, 0.25) is 0 Å². The average Bonchev–Trinajstić information content (AvgIpc) is 3.04. The minimum absolute atomic E-state index is 0.370. The average molecular weight is 500 g/mol. The van der Waals surface area contributed by atoms with Gasteiger partial charge in [0.25, 0.3) is 0 Å². The van der Waals surface area contributed by atoms with Gasteiger partial charge >= 0.3 is 0 Å². The molecule has 0 amide bonds. The lowest BCUT2D eigenvalue weighted by molar-refractivity contribution is 0.340. The van der Waals surface area contributed by atoms with E-state index in [1.54, 1.807) is 27.8 Å². The summed E-state index contributed by atoms with van der Waals surface area (Å²) in [5.74, 6) is 0.838. The standard InChI is InChI=1S/C26H33N3O3S2/c1-3-17-29-25(20-33-26(29)27-22-11-13-23(14-12-22)32-4-2)21-9-15-24(16-10-21)34(30,31)28-18-7-5-6-8-19-28/h9-16,20H,3-8,17-19H2,1-2H3. The summed E-state index contributed by atoms with van der Waals surface area (Å²) >= 11 is 1.59. The number of thiazole rings is 1. The van der Waals surface area contributed by atoms with Crippen molar-refractivity contribution >= 4 is 27.0 Å². The Morgan fingerprint density at radius 3 is 2.24 bits per heavy atom. The van der Waals surface area contributed by atoms with Gasteiger partial charge in [0.1, 0.15) is 5.75 Å². The third-order valence-corrected chi connectivity index (χ3v) is 8.75. The Bertz CT molecular complexity index is 1240. The van der Waals surface area contributed by atoms with E-state index in [4.69, 9.17) is 9.73 Å². The van der Waals surface area contributed by atoms with Gasteiger partial charge < -0.3 is 9.30 Å². The zero-order valence-electron chi connectivity index (χ0n) is 19.9. The fraction of sp³-hybridized carbons (Fsp3) is 0.423. The maximum atomic E-state index is 13.1. The number of ether oxygens (including phenoxy) is 1. The van der Waals surface area contributed by atoms with Gasteiger partial charge in [0.15, 0.2) is 4.80 Å². The molecule has 34 heavy (non-hydrogen) atoms. The lowest BCUT2D eigenvalue weighted by Gasteiger charge is -2.20. The van der Waals surface area contributed by atoms with Crippen LogP contribution in [0.15, 0.2) is 63.8 Å². The fourth-order valence-corrected chi connectivity index (χ4v) is 6.68. The summed E-state index contributed by atoms with van der Waals surface area (Å²) in [5.41, 5.74) is 2.92. The second kappa shape index (κ2) is 11.3. The SMILES string of the molecule is CCCn1c(-c2ccc(S(=O)(=O)N3CCCCCC3)cc2)csc1=Nc1ccc(OCC)cc1. The van der Waals surface area contributed by atoms with Crippen LogP contribution < -0.4 is 9.54 Å². The van der Waals surface area contributed by atoms with Gasteiger partial charge in [-0.25, -0.2) is 13.4 Å². The maximum Gasteiger partial charge on any atom is 0.243 e. The number of hydrogen-bond acceptors (Lipinski definition) is 5. The van der Waals surface area contributed by atoms with Gasteiger partial charge in [-0.3, -0.25) is 0 Å². The third-order valence-electron chi connectivity index (χ3n) is 5.97. The van der Waals surface area contributed by atoms with Crippen molar-refractivity contribution in [1.29, 1.82) is 0 Å². The first kappa shape index (κ1) is 24.7. The van der Waals surface area contributed by atoms with Gasteiger partial charge in [0.05, 0.1) is 22.9 Å². The zero-order chi connectivity index (χ0) is 24.0. The Morgan fingerprint density at radius 1 is 0.941 bits per heavy atom. The molecule has 0 bridgehead atoms. The number of hydrogen-bond donors (Lipinski definition) is 0. The summed E-state index contributed by atoms with van der Waals surface area (Å²) in [5, 5.41) is 2.10. The first-order valence-electron chi connectivity index (χ1n) is 12.1. The highest BCUT2D eigenvalue weighted by atomic mass is 32.2. The number of sulfonamides is 1. The molecule has 1 aromatic heterocycles. The van der Waals surface area contributed by atoms with Crippen molar-refractivity contribution in [2.75, 3.05) is 19.7 Å². The molecule has 4 rings (SSSR count). The molecular formula is C26H33N3O3S2. The molecular weight excluding hydrogens is 466 g/mol. The zero-order valence-corrected chi connectivity index (χ0v) is 21.6. The molecule has 1 aliphatic heterocycles. The molecule has 2 heterocycles. The summed E-state index contributed by atoms with van der Waals surface area (Å²) in [7, 11) is -3.45. The van der Waals surface area contributed by atoms with Gasteiger partial charge in [-0.1, -0.05) is 31.9 Å². The molecule has 1 saturated heterocycles. The maximum absolute atomic E-state index is 13.1. The van der Waals surface area contributed by atoms with E-state index in [1.807, 2.05) is 43.3 Å². The lowest BCUT2D eigenvalue weighted by atomic mass is 10.2. The Balaban J connectivity index is 1.62. The number of rotatable bonds is 8. The van der Waals surface area contributed by atoms with Crippen molar-refractivity contribution in [2.45, 2.75) is 57.4 Å². The Morgan fingerprint density at radius 2 is 1.62 bits per heavy atom. The molecule has 0 atom stereocenters. The van der Waals surface area contributed by atoms with Gasteiger partial charge in [0.2, 0.25) is 10.0 Å². The monoisotopic (exact) mass is 499 g/mol. The lowest BCUT2D eigenvalue weighted by Crippen LogP contribution is -2.31. The smallest absolute Gasteiger partial charge is 0.243 e. The van der Waals surface area contributed by atoms with Crippen LogP contribution in [0.3, 0.4) is 0 Å². The molecule has 1 fully saturated rings. The van der Waals surface area contributed by atoms with E-state index < -0.39 is 10.0 Å². The minimum Gasteiger partial charge on any atom is -0.494 e. The second-order valence-electron chi connectivity index (χ2n) is 8.44. The van der Waals surface area contributed by atoms with Crippen LogP contribution >= 0.6 is 11.3 Å². The molecule has 2 aromatic carbocycles. The van der Waals surface area contributed by atoms with Crippen molar-refractivity contribution in [1.82, 2.24) is 8.87 Å². The van der Waals surface area contributed by atoms with E-state index in [9.17, 15) is 8.42 Å². The van der Waals surface area contributed by atoms with Gasteiger partial charge in [-0.2, -0.15) is 4.31 Å². The molecule has 0 N–H and O–H groups in total. The van der Waals surface area contributed by atoms with E-state index in [0.717, 1.165) is 66.1 Å². The highest BCUT2D eigenvalue weighted by Crippen LogP contribution is 2.26. The Hall–Kier alpha value is -2.42. The highest BCUT2D eigenvalue weighted by Gasteiger charge is 2.25. The molecule has 182 valence electrons. The predicted molar refractivity (Wildman–Crippen MR) is 138 cm³/mol. The van der Waals surface area contributed by atoms with Crippen LogP contribution in [-0.2, 0) is 16.6 Å². The summed E-state index contributed by atoms with van der Waals surface area (Å²) in [6.07, 6.45) is 5.05. The van der Waals surface area contributed by atoms with Crippen molar-refractivity contribution < 1.29 is 13.2 Å². The second-order valence-corrected chi connectivity index (χ2v) is 11.2. The summed E-state index contributed by atoms with van der Waals surface area (Å²) < 4.78 is 35.6. The summed E-state index contributed by atoms with van der Waals surface area (Å²) in [4.78, 5) is 6.15. The molecule has 0 saturated carbocycles. The molecule has 3 aromatic rings. The van der Waals surface area contributed by atoms with E-state index in [1.165, 1.54) is 0 Å². The van der Waals surface area contributed by atoms with E-state index in [0.29, 0.717) is 24.6 Å². The van der Waals surface area contributed by atoms with Gasteiger partial charge in [0, 0.05) is 25.0 Å². The van der Waals surface area contributed by atoms with Crippen molar-refractivity contribution in [2.24, 2.45) is 4.99 Å². The molecule has 1 aliphatic rings. The van der Waals surface area contributed by atoms with Crippen LogP contribution in [0.4, 0.5) is 5.69 Å². The van der Waals surface area contributed by atoms with Crippen molar-refractivity contribution in [3.63, 3.8) is 0 Å². The number of aromatic nitrogens is 1. The number of nitrogens with zero attached hydrogens (tertiary/aromatic N) is 3. The third kappa shape index (κ3) is 5.62. The van der Waals surface area contributed by atoms with E-state index >= 15 is 0 Å². The minimum atomic E-state index is -3.45. The fourth-order valence-electron chi connectivity index (χ4n) is 4.21. The van der Waals surface area contributed by atoms with Gasteiger partial charge in [-0.15, -0.1) is 11.3 Å². The van der Waals surface area contributed by atoms with Crippen LogP contribution in [-0.4, -0.2) is 37.0 Å². The highest BCUT2D eigenvalue weighted by molar-refractivity contribution is 7.89. The first-order valence-corrected chi connectivity index (χ1v) is 14.4. The predicted octanol–water partition coefficient (Wildman–Crippen LogP) is 5.82. The van der Waals surface area contributed by atoms with Crippen molar-refractivity contribution in [3.8, 4) is 17.0 Å². The first-order chi connectivity index (χ1) is 16.5. The summed E-state index contributed by atoms with van der Waals surface area (Å²) in [6, 6.07) is 15.1. The Kier molecular flexibility index (Phi) is 8.24. The van der Waals surface area contributed by atoms with Crippen LogP contribution in [0.1, 0.15) is 46.0 Å². The normalized spacial score (nSPS) is 15.9. The molecule has 0 unspecified atom stereocenters. The molecule has 6 nitrogen and oxygen atoms in total. The molecule has 0 radical (unpaired) electrons. The van der Waals surface area contributed by atoms with E-state index in [2.05, 4.69) is 16.9 Å². The Labute approximate surface area is 206 Å². The largest absolute Gasteiger partial charge is 0.494 e. The van der Waals surface area contributed by atoms with Crippen LogP contribution in [0.25, 0.3) is 11.3 Å². The summed E-state index contributed by atoms with van der Waals surface area (Å²) in [6.45, 7) is 6.81. The van der Waals surface area contributed by atoms with Crippen LogP contribution in [0, 0.1) is 0 Å².